The highest BCUT2D eigenvalue weighted by Crippen LogP contribution is 2.45. The zero-order chi connectivity index (χ0) is 15.0. The van der Waals surface area contributed by atoms with Crippen molar-refractivity contribution >= 4 is 5.82 Å². The maximum Gasteiger partial charge on any atom is 0.131 e. The van der Waals surface area contributed by atoms with Crippen LogP contribution in [0.3, 0.4) is 0 Å². The smallest absolute Gasteiger partial charge is 0.131 e. The molecule has 1 aromatic heterocycles. The van der Waals surface area contributed by atoms with E-state index in [1.54, 1.807) is 0 Å². The topological polar surface area (TPSA) is 43.8 Å². The third-order valence-corrected chi connectivity index (χ3v) is 4.23. The van der Waals surface area contributed by atoms with Crippen LogP contribution >= 0.6 is 0 Å². The predicted molar refractivity (Wildman–Crippen MR) is 88.4 cm³/mol. The van der Waals surface area contributed by atoms with Crippen molar-refractivity contribution < 1.29 is 0 Å². The van der Waals surface area contributed by atoms with Gasteiger partial charge in [-0.25, -0.2) is 4.98 Å². The van der Waals surface area contributed by atoms with Crippen LogP contribution in [0.15, 0.2) is 24.3 Å². The number of nitrogens with zero attached hydrogens (tertiary/aromatic N) is 2. The van der Waals surface area contributed by atoms with Crippen LogP contribution in [0.4, 0.5) is 5.82 Å². The van der Waals surface area contributed by atoms with Gasteiger partial charge in [0.15, 0.2) is 0 Å². The molecule has 2 N–H and O–H groups in total. The molecule has 0 amide bonds. The van der Waals surface area contributed by atoms with Gasteiger partial charge in [0.25, 0.3) is 0 Å². The Balaban J connectivity index is 2.12. The maximum atomic E-state index is 6.45. The molecule has 3 heteroatoms. The molecule has 0 bridgehead atoms. The van der Waals surface area contributed by atoms with Crippen LogP contribution in [0.1, 0.15) is 63.3 Å². The Morgan fingerprint density at radius 2 is 2.00 bits per heavy atom. The summed E-state index contributed by atoms with van der Waals surface area (Å²) in [5.41, 5.74) is 10.1. The molecule has 0 aliphatic heterocycles. The molecule has 0 atom stereocenters. The molecule has 3 rings (SSSR count). The van der Waals surface area contributed by atoms with E-state index < -0.39 is 0 Å². The Kier molecular flexibility index (Phi) is 3.75. The number of nitrogens with two attached hydrogens (primary N) is 1. The first-order chi connectivity index (χ1) is 10.1. The highest BCUT2D eigenvalue weighted by Gasteiger charge is 2.28. The fraction of sp³-hybridized carbons (Fsp3) is 0.500. The standard InChI is InChI=1S/C18H25N3/c1-4-11-21-17(19)16(20-18(21)12(2)3)15-8-6-5-7-14(15)13-9-10-13/h5-8,12-13H,4,9-11,19H2,1-3H3. The number of aromatic nitrogens is 2. The van der Waals surface area contributed by atoms with Crippen molar-refractivity contribution in [3.8, 4) is 11.3 Å². The minimum atomic E-state index is 0.390. The van der Waals surface area contributed by atoms with Crippen molar-refractivity contribution in [2.75, 3.05) is 5.73 Å². The lowest BCUT2D eigenvalue weighted by molar-refractivity contribution is 0.616. The number of nitrogen functional groups attached to an aromatic ring is 1. The van der Waals surface area contributed by atoms with E-state index in [1.165, 1.54) is 24.0 Å². The second-order valence-electron chi connectivity index (χ2n) is 6.37. The van der Waals surface area contributed by atoms with E-state index in [4.69, 9.17) is 10.7 Å². The van der Waals surface area contributed by atoms with Crippen LogP contribution in [-0.2, 0) is 6.54 Å². The summed E-state index contributed by atoms with van der Waals surface area (Å²) in [7, 11) is 0. The molecule has 1 aliphatic rings. The summed E-state index contributed by atoms with van der Waals surface area (Å²) in [4.78, 5) is 4.91. The SMILES string of the molecule is CCCn1c(C(C)C)nc(-c2ccccc2C2CC2)c1N. The number of imidazole rings is 1. The van der Waals surface area contributed by atoms with Crippen LogP contribution in [-0.4, -0.2) is 9.55 Å². The Bertz CT molecular complexity index is 636. The molecule has 0 spiro atoms. The zero-order valence-corrected chi connectivity index (χ0v) is 13.3. The number of hydrogen-bond donors (Lipinski definition) is 1. The van der Waals surface area contributed by atoms with Crippen LogP contribution in [0.25, 0.3) is 11.3 Å². The van der Waals surface area contributed by atoms with Crippen molar-refractivity contribution in [1.82, 2.24) is 9.55 Å². The molecule has 0 radical (unpaired) electrons. The molecule has 0 saturated heterocycles. The Hall–Kier alpha value is -1.77. The van der Waals surface area contributed by atoms with Gasteiger partial charge in [-0.05, 0) is 30.7 Å². The van der Waals surface area contributed by atoms with Crippen molar-refractivity contribution in [2.45, 2.75) is 58.4 Å². The summed E-state index contributed by atoms with van der Waals surface area (Å²) >= 11 is 0. The normalized spacial score (nSPS) is 14.9. The minimum absolute atomic E-state index is 0.390. The van der Waals surface area contributed by atoms with Crippen LogP contribution in [0.5, 0.6) is 0 Å². The second kappa shape index (κ2) is 5.55. The van der Waals surface area contributed by atoms with Crippen molar-refractivity contribution in [1.29, 1.82) is 0 Å². The Morgan fingerprint density at radius 1 is 1.29 bits per heavy atom. The second-order valence-corrected chi connectivity index (χ2v) is 6.37. The van der Waals surface area contributed by atoms with E-state index in [9.17, 15) is 0 Å². The van der Waals surface area contributed by atoms with Crippen LogP contribution in [0.2, 0.25) is 0 Å². The van der Waals surface area contributed by atoms with E-state index in [2.05, 4.69) is 49.6 Å². The molecular formula is C18H25N3. The summed E-state index contributed by atoms with van der Waals surface area (Å²) in [5.74, 6) is 3.03. The van der Waals surface area contributed by atoms with Gasteiger partial charge in [-0.15, -0.1) is 0 Å². The van der Waals surface area contributed by atoms with Gasteiger partial charge in [-0.1, -0.05) is 45.0 Å². The van der Waals surface area contributed by atoms with E-state index in [0.29, 0.717) is 11.8 Å². The molecule has 1 fully saturated rings. The first-order valence-electron chi connectivity index (χ1n) is 8.08. The molecule has 1 heterocycles. The van der Waals surface area contributed by atoms with Gasteiger partial charge in [-0.3, -0.25) is 0 Å². The van der Waals surface area contributed by atoms with Gasteiger partial charge < -0.3 is 10.3 Å². The summed E-state index contributed by atoms with van der Waals surface area (Å²) in [6.07, 6.45) is 3.66. The lowest BCUT2D eigenvalue weighted by Gasteiger charge is -2.10. The van der Waals surface area contributed by atoms with Gasteiger partial charge in [0.2, 0.25) is 0 Å². The average Bonchev–Trinajstić information content (AvgIpc) is 3.26. The Morgan fingerprint density at radius 3 is 2.62 bits per heavy atom. The average molecular weight is 283 g/mol. The Labute approximate surface area is 127 Å². The lowest BCUT2D eigenvalue weighted by atomic mass is 10.0. The predicted octanol–water partition coefficient (Wildman–Crippen LogP) is 4.54. The number of rotatable bonds is 5. The quantitative estimate of drug-likeness (QED) is 0.875. The summed E-state index contributed by atoms with van der Waals surface area (Å²) < 4.78 is 2.20. The maximum absolute atomic E-state index is 6.45. The summed E-state index contributed by atoms with van der Waals surface area (Å²) in [6, 6.07) is 8.63. The first-order valence-corrected chi connectivity index (χ1v) is 8.08. The molecule has 2 aromatic rings. The van der Waals surface area contributed by atoms with Crippen molar-refractivity contribution in [3.63, 3.8) is 0 Å². The molecule has 1 saturated carbocycles. The van der Waals surface area contributed by atoms with Crippen molar-refractivity contribution in [2.24, 2.45) is 0 Å². The molecule has 1 aromatic carbocycles. The molecule has 3 nitrogen and oxygen atoms in total. The fourth-order valence-corrected chi connectivity index (χ4v) is 3.04. The fourth-order valence-electron chi connectivity index (χ4n) is 3.04. The highest BCUT2D eigenvalue weighted by atomic mass is 15.1. The largest absolute Gasteiger partial charge is 0.383 e. The van der Waals surface area contributed by atoms with Gasteiger partial charge in [0, 0.05) is 18.0 Å². The van der Waals surface area contributed by atoms with Gasteiger partial charge in [0.1, 0.15) is 17.3 Å². The monoisotopic (exact) mass is 283 g/mol. The van der Waals surface area contributed by atoms with E-state index in [-0.39, 0.29) is 0 Å². The summed E-state index contributed by atoms with van der Waals surface area (Å²) in [5, 5.41) is 0. The number of anilines is 1. The lowest BCUT2D eigenvalue weighted by Crippen LogP contribution is -2.08. The van der Waals surface area contributed by atoms with Gasteiger partial charge >= 0.3 is 0 Å². The van der Waals surface area contributed by atoms with Crippen molar-refractivity contribution in [3.05, 3.63) is 35.7 Å². The minimum Gasteiger partial charge on any atom is -0.383 e. The summed E-state index contributed by atoms with van der Waals surface area (Å²) in [6.45, 7) is 7.49. The van der Waals surface area contributed by atoms with E-state index in [0.717, 1.165) is 30.3 Å². The van der Waals surface area contributed by atoms with Crippen LogP contribution < -0.4 is 5.73 Å². The molecule has 21 heavy (non-hydrogen) atoms. The van der Waals surface area contributed by atoms with E-state index >= 15 is 0 Å². The highest BCUT2D eigenvalue weighted by molar-refractivity contribution is 5.74. The molecule has 0 unspecified atom stereocenters. The first kappa shape index (κ1) is 14.2. The molecule has 1 aliphatic carbocycles. The van der Waals surface area contributed by atoms with Gasteiger partial charge in [0.05, 0.1) is 0 Å². The van der Waals surface area contributed by atoms with Gasteiger partial charge in [-0.2, -0.15) is 0 Å². The third-order valence-electron chi connectivity index (χ3n) is 4.23. The zero-order valence-electron chi connectivity index (χ0n) is 13.3. The third kappa shape index (κ3) is 2.57. The molecular weight excluding hydrogens is 258 g/mol. The van der Waals surface area contributed by atoms with Crippen LogP contribution in [0, 0.1) is 0 Å². The number of hydrogen-bond acceptors (Lipinski definition) is 2. The molecule has 112 valence electrons. The van der Waals surface area contributed by atoms with E-state index in [1.807, 2.05) is 0 Å². The number of benzene rings is 1.